The number of ether oxygens (including phenoxy) is 2. The molecule has 2 amide bonds. The number of imide groups is 1. The van der Waals surface area contributed by atoms with Crippen molar-refractivity contribution in [2.24, 2.45) is 0 Å². The Kier molecular flexibility index (Phi) is 5.44. The molecule has 5 atom stereocenters. The molecule has 11 heteroatoms. The molecule has 3 heterocycles. The van der Waals surface area contributed by atoms with Gasteiger partial charge in [0, 0.05) is 34.4 Å². The van der Waals surface area contributed by atoms with Gasteiger partial charge in [0.15, 0.2) is 0 Å². The van der Waals surface area contributed by atoms with E-state index in [0.717, 1.165) is 0 Å². The molecule has 0 bridgehead atoms. The van der Waals surface area contributed by atoms with Crippen molar-refractivity contribution in [3.63, 3.8) is 0 Å². The smallest absolute Gasteiger partial charge is 0.259 e. The number of carbonyl (C=O) groups excluding carboxylic acids is 2. The molecule has 0 radical (unpaired) electrons. The van der Waals surface area contributed by atoms with Gasteiger partial charge in [-0.1, -0.05) is 47.5 Å². The van der Waals surface area contributed by atoms with E-state index in [1.807, 2.05) is 0 Å². The Morgan fingerprint density at radius 2 is 1.74 bits per heavy atom. The lowest BCUT2D eigenvalue weighted by Crippen LogP contribution is -2.64. The van der Waals surface area contributed by atoms with Crippen LogP contribution >= 0.6 is 23.2 Å². The highest BCUT2D eigenvalue weighted by atomic mass is 35.5. The molecule has 1 aromatic heterocycles. The van der Waals surface area contributed by atoms with Crippen LogP contribution in [-0.4, -0.2) is 76.4 Å². The molecule has 200 valence electrons. The number of para-hydroxylation sites is 1. The van der Waals surface area contributed by atoms with Crippen LogP contribution in [0.25, 0.3) is 32.9 Å². The summed E-state index contributed by atoms with van der Waals surface area (Å²) >= 11 is 13.3. The van der Waals surface area contributed by atoms with Crippen LogP contribution < -0.4 is 5.32 Å². The lowest BCUT2D eigenvalue weighted by molar-refractivity contribution is -0.250. The molecule has 5 N–H and O–H groups in total. The highest BCUT2D eigenvalue weighted by molar-refractivity contribution is 6.39. The molecule has 9 nitrogen and oxygen atoms in total. The summed E-state index contributed by atoms with van der Waals surface area (Å²) in [5, 5.41) is 37.9. The van der Waals surface area contributed by atoms with Crippen molar-refractivity contribution in [3.8, 4) is 11.1 Å². The predicted octanol–water partition coefficient (Wildman–Crippen LogP) is 3.12. The second-order valence-electron chi connectivity index (χ2n) is 10.2. The van der Waals surface area contributed by atoms with E-state index in [0.29, 0.717) is 54.1 Å². The van der Waals surface area contributed by atoms with Gasteiger partial charge in [0.1, 0.15) is 23.9 Å². The number of aliphatic hydroxyl groups is 3. The fourth-order valence-corrected chi connectivity index (χ4v) is 7.20. The molecule has 0 spiro atoms. The minimum absolute atomic E-state index is 0.167. The van der Waals surface area contributed by atoms with Crippen molar-refractivity contribution in [3.05, 3.63) is 68.7 Å². The molecule has 1 saturated heterocycles. The number of carbonyl (C=O) groups is 2. The van der Waals surface area contributed by atoms with Gasteiger partial charge in [-0.15, -0.1) is 0 Å². The Bertz CT molecular complexity index is 1750. The normalized spacial score (nSPS) is 27.6. The van der Waals surface area contributed by atoms with E-state index in [-0.39, 0.29) is 17.7 Å². The summed E-state index contributed by atoms with van der Waals surface area (Å²) < 4.78 is 11.3. The lowest BCUT2D eigenvalue weighted by atomic mass is 9.73. The van der Waals surface area contributed by atoms with Gasteiger partial charge < -0.3 is 29.8 Å². The topological polar surface area (TPSA) is 141 Å². The number of aliphatic hydroxyl groups excluding tert-OH is 2. The summed E-state index contributed by atoms with van der Waals surface area (Å²) in [6.07, 6.45) is -3.44. The maximum absolute atomic E-state index is 13.3. The van der Waals surface area contributed by atoms with Crippen molar-refractivity contribution >= 4 is 56.8 Å². The largest absolute Gasteiger partial charge is 0.394 e. The van der Waals surface area contributed by atoms with Crippen molar-refractivity contribution in [2.45, 2.75) is 29.8 Å². The molecule has 2 aliphatic heterocycles. The van der Waals surface area contributed by atoms with Crippen LogP contribution in [0.5, 0.6) is 0 Å². The zero-order valence-corrected chi connectivity index (χ0v) is 21.9. The van der Waals surface area contributed by atoms with Crippen LogP contribution in [-0.2, 0) is 9.47 Å². The standard InChI is InChI=1S/C28H22Cl2N2O7/c1-38-24-14(8-33)39-9-28(37,25(24)34)21-15-10(4-2-6-12(15)29)16-18-19(27(36)32-26(18)35)17-11-5-3-7-13(30)22(11)31-23(17)20(16)21/h2-7,14,21,24-25,31,33-34,37H,8-9H2,1H3,(H,32,35,36). The summed E-state index contributed by atoms with van der Waals surface area (Å²) in [6, 6.07) is 10.4. The zero-order valence-electron chi connectivity index (χ0n) is 20.4. The van der Waals surface area contributed by atoms with Gasteiger partial charge in [-0.3, -0.25) is 14.9 Å². The molecule has 39 heavy (non-hydrogen) atoms. The molecule has 3 aromatic carbocycles. The minimum Gasteiger partial charge on any atom is -0.394 e. The quantitative estimate of drug-likeness (QED) is 0.239. The molecule has 3 aliphatic rings. The summed E-state index contributed by atoms with van der Waals surface area (Å²) in [6.45, 7) is -0.788. The van der Waals surface area contributed by atoms with E-state index in [4.69, 9.17) is 32.7 Å². The van der Waals surface area contributed by atoms with Crippen LogP contribution in [0.2, 0.25) is 10.0 Å². The molecule has 1 fully saturated rings. The lowest BCUT2D eigenvalue weighted by Gasteiger charge is -2.47. The number of fused-ring (bicyclic) bond motifs is 10. The highest BCUT2D eigenvalue weighted by Crippen LogP contribution is 2.59. The predicted molar refractivity (Wildman–Crippen MR) is 143 cm³/mol. The van der Waals surface area contributed by atoms with E-state index < -0.39 is 48.3 Å². The zero-order chi connectivity index (χ0) is 27.4. The number of rotatable bonds is 3. The number of halogens is 2. The summed E-state index contributed by atoms with van der Waals surface area (Å²) in [7, 11) is 1.36. The van der Waals surface area contributed by atoms with Gasteiger partial charge in [0.05, 0.1) is 40.4 Å². The van der Waals surface area contributed by atoms with Gasteiger partial charge >= 0.3 is 0 Å². The van der Waals surface area contributed by atoms with Gasteiger partial charge in [-0.2, -0.15) is 0 Å². The second kappa shape index (κ2) is 8.49. The third-order valence-corrected chi connectivity index (χ3v) is 8.97. The molecular formula is C28H22Cl2N2O7. The van der Waals surface area contributed by atoms with Crippen LogP contribution in [0.15, 0.2) is 36.4 Å². The Labute approximate surface area is 231 Å². The highest BCUT2D eigenvalue weighted by Gasteiger charge is 2.58. The Morgan fingerprint density at radius 3 is 2.49 bits per heavy atom. The van der Waals surface area contributed by atoms with Crippen molar-refractivity contribution < 1.29 is 34.4 Å². The van der Waals surface area contributed by atoms with Crippen molar-refractivity contribution in [2.75, 3.05) is 20.3 Å². The van der Waals surface area contributed by atoms with Crippen LogP contribution in [0, 0.1) is 0 Å². The first kappa shape index (κ1) is 25.0. The van der Waals surface area contributed by atoms with Crippen molar-refractivity contribution in [1.29, 1.82) is 0 Å². The van der Waals surface area contributed by atoms with Gasteiger partial charge in [0.25, 0.3) is 11.8 Å². The Morgan fingerprint density at radius 1 is 1.03 bits per heavy atom. The summed E-state index contributed by atoms with van der Waals surface area (Å²) in [4.78, 5) is 29.9. The second-order valence-corrected chi connectivity index (χ2v) is 11.0. The first-order valence-electron chi connectivity index (χ1n) is 12.3. The average Bonchev–Trinajstić information content (AvgIpc) is 3.56. The van der Waals surface area contributed by atoms with Gasteiger partial charge in [0.2, 0.25) is 0 Å². The molecule has 0 saturated carbocycles. The number of benzene rings is 3. The molecule has 7 rings (SSSR count). The number of aromatic nitrogens is 1. The van der Waals surface area contributed by atoms with Crippen LogP contribution in [0.4, 0.5) is 0 Å². The van der Waals surface area contributed by atoms with Gasteiger partial charge in [-0.25, -0.2) is 0 Å². The first-order chi connectivity index (χ1) is 18.7. The number of H-pyrrole nitrogens is 1. The molecular weight excluding hydrogens is 547 g/mol. The van der Waals surface area contributed by atoms with E-state index in [1.165, 1.54) is 7.11 Å². The first-order valence-corrected chi connectivity index (χ1v) is 13.1. The van der Waals surface area contributed by atoms with Crippen LogP contribution in [0.3, 0.4) is 0 Å². The maximum atomic E-state index is 13.3. The molecule has 4 aromatic rings. The minimum atomic E-state index is -2.00. The average molecular weight is 569 g/mol. The number of amides is 2. The monoisotopic (exact) mass is 568 g/mol. The third kappa shape index (κ3) is 3.09. The Balaban J connectivity index is 1.64. The van der Waals surface area contributed by atoms with E-state index >= 15 is 0 Å². The molecule has 5 unspecified atom stereocenters. The van der Waals surface area contributed by atoms with E-state index in [9.17, 15) is 24.9 Å². The summed E-state index contributed by atoms with van der Waals surface area (Å²) in [5.41, 5.74) is 1.34. The van der Waals surface area contributed by atoms with E-state index in [1.54, 1.807) is 36.4 Å². The number of methoxy groups -OCH3 is 1. The molecule has 1 aliphatic carbocycles. The SMILES string of the molecule is COC1C(CO)OCC(O)(C2c3c(Cl)cccc3-c3c4c(c5c([nH]c6c(Cl)cccc65)c32)C(=O)NC4=O)C1O. The Hall–Kier alpha value is -3.02. The van der Waals surface area contributed by atoms with Crippen molar-refractivity contribution in [1.82, 2.24) is 10.3 Å². The number of hydrogen-bond acceptors (Lipinski definition) is 7. The third-order valence-electron chi connectivity index (χ3n) is 8.32. The number of nitrogens with one attached hydrogen (secondary N) is 2. The number of aromatic amines is 1. The fourth-order valence-electron chi connectivity index (χ4n) is 6.70. The van der Waals surface area contributed by atoms with Crippen LogP contribution in [0.1, 0.15) is 37.8 Å². The number of hydrogen-bond donors (Lipinski definition) is 5. The summed E-state index contributed by atoms with van der Waals surface area (Å²) in [5.74, 6) is -2.12. The van der Waals surface area contributed by atoms with Gasteiger partial charge in [-0.05, 0) is 28.8 Å². The van der Waals surface area contributed by atoms with E-state index in [2.05, 4.69) is 10.3 Å². The maximum Gasteiger partial charge on any atom is 0.259 e. The fraction of sp³-hybridized carbons (Fsp3) is 0.286.